The molecule has 0 spiro atoms. The summed E-state index contributed by atoms with van der Waals surface area (Å²) in [5, 5.41) is 0. The van der Waals surface area contributed by atoms with Gasteiger partial charge in [-0.2, -0.15) is 0 Å². The van der Waals surface area contributed by atoms with Gasteiger partial charge in [0.25, 0.3) is 0 Å². The van der Waals surface area contributed by atoms with Crippen LogP contribution in [-0.4, -0.2) is 0 Å². The van der Waals surface area contributed by atoms with E-state index in [1.165, 1.54) is 66.0 Å². The minimum atomic E-state index is -0.178. The summed E-state index contributed by atoms with van der Waals surface area (Å²) in [7, 11) is 0. The van der Waals surface area contributed by atoms with Crippen LogP contribution in [0.15, 0.2) is 78.9 Å². The largest absolute Gasteiger partial charge is 0.207 e. The maximum absolute atomic E-state index is 13.4. The smallest absolute Gasteiger partial charge is 0.123 e. The first kappa shape index (κ1) is 27.6. The standard InChI is InChI=1S/C19H21F.C14H22/c1-4-8-19(18-12-6-5-9-14(18)2)15(3)16-10-7-11-17(20)13-16;1-3-8-13(9-4-2)12-14-10-6-5-7-11-14/h5-7,9-13H,4,8H2,1-3H3;5-7,10-11,13H,3-4,8-9,12H2,1-2H3/b19-15+;. The second-order valence-corrected chi connectivity index (χ2v) is 9.31. The zero-order chi connectivity index (χ0) is 24.8. The number of halogens is 1. The molecule has 0 atom stereocenters. The molecule has 0 N–H and O–H groups in total. The van der Waals surface area contributed by atoms with Gasteiger partial charge >= 0.3 is 0 Å². The molecule has 182 valence electrons. The molecule has 0 saturated carbocycles. The molecular formula is C33H43F. The number of rotatable bonds is 10. The van der Waals surface area contributed by atoms with Crippen molar-refractivity contribution in [2.45, 2.75) is 79.6 Å². The van der Waals surface area contributed by atoms with E-state index in [2.05, 4.69) is 89.2 Å². The maximum Gasteiger partial charge on any atom is 0.123 e. The normalized spacial score (nSPS) is 11.6. The van der Waals surface area contributed by atoms with E-state index in [1.807, 2.05) is 6.07 Å². The maximum atomic E-state index is 13.4. The summed E-state index contributed by atoms with van der Waals surface area (Å²) in [5.74, 6) is 0.717. The van der Waals surface area contributed by atoms with Gasteiger partial charge in [0, 0.05) is 0 Å². The molecule has 0 aliphatic rings. The lowest BCUT2D eigenvalue weighted by atomic mass is 9.90. The second kappa shape index (κ2) is 15.3. The van der Waals surface area contributed by atoms with Crippen molar-refractivity contribution in [1.29, 1.82) is 0 Å². The van der Waals surface area contributed by atoms with Crippen molar-refractivity contribution in [2.75, 3.05) is 0 Å². The first-order chi connectivity index (χ1) is 16.5. The van der Waals surface area contributed by atoms with E-state index in [0.29, 0.717) is 0 Å². The van der Waals surface area contributed by atoms with Crippen LogP contribution in [0.1, 0.15) is 88.5 Å². The monoisotopic (exact) mass is 458 g/mol. The topological polar surface area (TPSA) is 0 Å². The molecule has 0 unspecified atom stereocenters. The Balaban J connectivity index is 0.000000257. The van der Waals surface area contributed by atoms with Gasteiger partial charge in [-0.3, -0.25) is 0 Å². The molecule has 0 aromatic heterocycles. The SMILES string of the molecule is CCC/C(=C(/C)c1cccc(F)c1)c1ccccc1C.CCCC(CCC)Cc1ccccc1. The highest BCUT2D eigenvalue weighted by molar-refractivity contribution is 5.90. The van der Waals surface area contributed by atoms with Crippen LogP contribution in [0, 0.1) is 18.7 Å². The van der Waals surface area contributed by atoms with E-state index in [9.17, 15) is 4.39 Å². The third-order valence-corrected chi connectivity index (χ3v) is 6.44. The molecule has 0 heterocycles. The molecule has 0 aliphatic heterocycles. The predicted octanol–water partition coefficient (Wildman–Crippen LogP) is 10.3. The van der Waals surface area contributed by atoms with Crippen LogP contribution in [0.25, 0.3) is 11.1 Å². The van der Waals surface area contributed by atoms with Crippen molar-refractivity contribution >= 4 is 11.1 Å². The molecule has 1 heteroatoms. The molecule has 0 radical (unpaired) electrons. The molecule has 0 amide bonds. The van der Waals surface area contributed by atoms with Gasteiger partial charge in [0.1, 0.15) is 5.82 Å². The summed E-state index contributed by atoms with van der Waals surface area (Å²) in [5.41, 5.74) is 7.50. The van der Waals surface area contributed by atoms with Gasteiger partial charge in [-0.05, 0) is 78.1 Å². The van der Waals surface area contributed by atoms with Gasteiger partial charge in [0.2, 0.25) is 0 Å². The van der Waals surface area contributed by atoms with E-state index >= 15 is 0 Å². The molecule has 3 rings (SSSR count). The van der Waals surface area contributed by atoms with Gasteiger partial charge < -0.3 is 0 Å². The van der Waals surface area contributed by atoms with Crippen molar-refractivity contribution in [2.24, 2.45) is 5.92 Å². The van der Waals surface area contributed by atoms with Gasteiger partial charge in [-0.1, -0.05) is 120 Å². The molecule has 34 heavy (non-hydrogen) atoms. The summed E-state index contributed by atoms with van der Waals surface area (Å²) in [4.78, 5) is 0. The lowest BCUT2D eigenvalue weighted by Gasteiger charge is -2.15. The van der Waals surface area contributed by atoms with Crippen molar-refractivity contribution < 1.29 is 4.39 Å². The summed E-state index contributed by atoms with van der Waals surface area (Å²) >= 11 is 0. The van der Waals surface area contributed by atoms with Gasteiger partial charge in [-0.25, -0.2) is 4.39 Å². The van der Waals surface area contributed by atoms with E-state index in [1.54, 1.807) is 12.1 Å². The van der Waals surface area contributed by atoms with Crippen LogP contribution in [0.4, 0.5) is 4.39 Å². The number of hydrogen-bond donors (Lipinski definition) is 0. The van der Waals surface area contributed by atoms with E-state index < -0.39 is 0 Å². The van der Waals surface area contributed by atoms with E-state index in [-0.39, 0.29) is 5.82 Å². The Bertz CT molecular complexity index is 994. The van der Waals surface area contributed by atoms with Crippen LogP contribution in [0.5, 0.6) is 0 Å². The zero-order valence-electron chi connectivity index (χ0n) is 21.9. The first-order valence-electron chi connectivity index (χ1n) is 13.1. The van der Waals surface area contributed by atoms with Crippen LogP contribution >= 0.6 is 0 Å². The fourth-order valence-corrected chi connectivity index (χ4v) is 4.69. The van der Waals surface area contributed by atoms with Crippen LogP contribution in [-0.2, 0) is 6.42 Å². The number of benzene rings is 3. The van der Waals surface area contributed by atoms with Crippen molar-refractivity contribution in [3.63, 3.8) is 0 Å². The quantitative estimate of drug-likeness (QED) is 0.265. The Hall–Kier alpha value is -2.67. The number of aryl methyl sites for hydroxylation is 1. The van der Waals surface area contributed by atoms with Crippen molar-refractivity contribution in [1.82, 2.24) is 0 Å². The molecule has 0 fully saturated rings. The summed E-state index contributed by atoms with van der Waals surface area (Å²) in [6.45, 7) is 11.0. The van der Waals surface area contributed by atoms with Crippen LogP contribution in [0.2, 0.25) is 0 Å². The highest BCUT2D eigenvalue weighted by atomic mass is 19.1. The summed E-state index contributed by atoms with van der Waals surface area (Å²) < 4.78 is 13.4. The zero-order valence-corrected chi connectivity index (χ0v) is 21.9. The van der Waals surface area contributed by atoms with Gasteiger partial charge in [-0.15, -0.1) is 0 Å². The summed E-state index contributed by atoms with van der Waals surface area (Å²) in [6.07, 6.45) is 8.74. The van der Waals surface area contributed by atoms with Gasteiger partial charge in [0.15, 0.2) is 0 Å². The second-order valence-electron chi connectivity index (χ2n) is 9.31. The highest BCUT2D eigenvalue weighted by Crippen LogP contribution is 2.31. The Morgan fingerprint density at radius 3 is 2.00 bits per heavy atom. The molecule has 0 saturated heterocycles. The molecular weight excluding hydrogens is 415 g/mol. The lowest BCUT2D eigenvalue weighted by Crippen LogP contribution is -2.03. The van der Waals surface area contributed by atoms with Crippen LogP contribution in [0.3, 0.4) is 0 Å². The lowest BCUT2D eigenvalue weighted by molar-refractivity contribution is 0.438. The Morgan fingerprint density at radius 1 is 0.765 bits per heavy atom. The Labute approximate surface area is 208 Å². The fourth-order valence-electron chi connectivity index (χ4n) is 4.69. The minimum Gasteiger partial charge on any atom is -0.207 e. The third kappa shape index (κ3) is 8.93. The number of hydrogen-bond acceptors (Lipinski definition) is 0. The van der Waals surface area contributed by atoms with Crippen LogP contribution < -0.4 is 0 Å². The Kier molecular flexibility index (Phi) is 12.4. The molecule has 0 nitrogen and oxygen atoms in total. The molecule has 0 bridgehead atoms. The average molecular weight is 459 g/mol. The molecule has 3 aromatic rings. The van der Waals surface area contributed by atoms with E-state index in [0.717, 1.165) is 24.3 Å². The fraction of sp³-hybridized carbons (Fsp3) is 0.394. The summed E-state index contributed by atoms with van der Waals surface area (Å²) in [6, 6.07) is 26.1. The number of allylic oxidation sites excluding steroid dienone is 2. The van der Waals surface area contributed by atoms with Crippen molar-refractivity contribution in [3.8, 4) is 0 Å². The average Bonchev–Trinajstić information content (AvgIpc) is 2.84. The first-order valence-corrected chi connectivity index (χ1v) is 13.1. The molecule has 3 aromatic carbocycles. The highest BCUT2D eigenvalue weighted by Gasteiger charge is 2.10. The Morgan fingerprint density at radius 2 is 1.41 bits per heavy atom. The van der Waals surface area contributed by atoms with Gasteiger partial charge in [0.05, 0.1) is 0 Å². The van der Waals surface area contributed by atoms with E-state index in [4.69, 9.17) is 0 Å². The van der Waals surface area contributed by atoms with Crippen molar-refractivity contribution in [3.05, 3.63) is 107 Å². The third-order valence-electron chi connectivity index (χ3n) is 6.44. The molecule has 0 aliphatic carbocycles. The minimum absolute atomic E-state index is 0.178. The predicted molar refractivity (Wildman–Crippen MR) is 148 cm³/mol.